The van der Waals surface area contributed by atoms with Crippen LogP contribution in [-0.4, -0.2) is 36.5 Å². The maximum atomic E-state index is 12.8. The van der Waals surface area contributed by atoms with E-state index < -0.39 is 35.0 Å². The minimum absolute atomic E-state index is 0.00425. The number of aromatic nitrogens is 1. The number of pyridine rings is 1. The van der Waals surface area contributed by atoms with Crippen molar-refractivity contribution in [1.82, 2.24) is 4.98 Å². The second kappa shape index (κ2) is 6.11. The number of benzene rings is 1. The first-order valence-corrected chi connectivity index (χ1v) is 10.9. The zero-order valence-corrected chi connectivity index (χ0v) is 14.5. The van der Waals surface area contributed by atoms with Crippen LogP contribution in [0.2, 0.25) is 0 Å². The van der Waals surface area contributed by atoms with Crippen molar-refractivity contribution in [2.75, 3.05) is 11.0 Å². The van der Waals surface area contributed by atoms with Crippen molar-refractivity contribution in [2.45, 2.75) is 14.8 Å². The van der Waals surface area contributed by atoms with Gasteiger partial charge in [-0.2, -0.15) is 8.42 Å². The highest BCUT2D eigenvalue weighted by Crippen LogP contribution is 2.19. The average molecular weight is 394 g/mol. The molecule has 0 saturated heterocycles. The molecule has 2 rings (SSSR count). The molecule has 1 N–H and O–H groups in total. The van der Waals surface area contributed by atoms with Gasteiger partial charge in [-0.1, -0.05) is 0 Å². The van der Waals surface area contributed by atoms with Crippen molar-refractivity contribution in [3.8, 4) is 0 Å². The Balaban J connectivity index is 2.28. The molecule has 12 heteroatoms. The van der Waals surface area contributed by atoms with Crippen molar-refractivity contribution >= 4 is 35.8 Å². The smallest absolute Gasteiger partial charge is 0.278 e. The van der Waals surface area contributed by atoms with Crippen LogP contribution >= 0.6 is 0 Å². The van der Waals surface area contributed by atoms with Crippen LogP contribution in [0.25, 0.3) is 0 Å². The maximum absolute atomic E-state index is 12.8. The molecule has 0 bridgehead atoms. The molecule has 0 spiro atoms. The zero-order valence-electron chi connectivity index (χ0n) is 12.0. The van der Waals surface area contributed by atoms with E-state index >= 15 is 0 Å². The summed E-state index contributed by atoms with van der Waals surface area (Å²) in [5.74, 6) is 0. The Morgan fingerprint density at radius 1 is 0.875 bits per heavy atom. The average Bonchev–Trinajstić information content (AvgIpc) is 2.46. The first kappa shape index (κ1) is 18.3. The van der Waals surface area contributed by atoms with E-state index in [0.717, 1.165) is 42.8 Å². The maximum Gasteiger partial charge on any atom is 0.332 e. The van der Waals surface area contributed by atoms with Crippen LogP contribution in [0.3, 0.4) is 0 Å². The lowest BCUT2D eigenvalue weighted by Crippen LogP contribution is -2.13. The topological polar surface area (TPSA) is 127 Å². The number of halogens is 1. The third kappa shape index (κ3) is 4.27. The number of rotatable bonds is 5. The van der Waals surface area contributed by atoms with E-state index in [2.05, 4.69) is 9.71 Å². The predicted molar refractivity (Wildman–Crippen MR) is 82.9 cm³/mol. The molecule has 1 aromatic heterocycles. The fraction of sp³-hybridized carbons (Fsp3) is 0.0833. The lowest BCUT2D eigenvalue weighted by Gasteiger charge is -2.08. The third-order valence-electron chi connectivity index (χ3n) is 2.78. The fourth-order valence-electron chi connectivity index (χ4n) is 1.66. The van der Waals surface area contributed by atoms with E-state index in [4.69, 9.17) is 0 Å². The van der Waals surface area contributed by atoms with Crippen molar-refractivity contribution in [1.29, 1.82) is 0 Å². The molecule has 0 aliphatic carbocycles. The van der Waals surface area contributed by atoms with Gasteiger partial charge in [-0.3, -0.25) is 4.72 Å². The minimum atomic E-state index is -4.92. The summed E-state index contributed by atoms with van der Waals surface area (Å²) in [6.45, 7) is 0. The number of hydrogen-bond donors (Lipinski definition) is 1. The van der Waals surface area contributed by atoms with E-state index in [1.165, 1.54) is 6.07 Å². The summed E-state index contributed by atoms with van der Waals surface area (Å²) < 4.78 is 83.2. The molecular weight excluding hydrogens is 383 g/mol. The molecule has 1 heterocycles. The van der Waals surface area contributed by atoms with Crippen LogP contribution in [0.4, 0.5) is 9.57 Å². The largest absolute Gasteiger partial charge is 0.332 e. The quantitative estimate of drug-likeness (QED) is 0.748. The summed E-state index contributed by atoms with van der Waals surface area (Å²) in [7, 11) is -12.5. The van der Waals surface area contributed by atoms with Crippen LogP contribution in [0.5, 0.6) is 0 Å². The predicted octanol–water partition coefficient (Wildman–Crippen LogP) is 0.944. The number of anilines is 1. The van der Waals surface area contributed by atoms with Gasteiger partial charge in [0.2, 0.25) is 0 Å². The van der Waals surface area contributed by atoms with Crippen molar-refractivity contribution in [3.63, 3.8) is 0 Å². The minimum Gasteiger partial charge on any atom is -0.278 e. The Morgan fingerprint density at radius 2 is 1.42 bits per heavy atom. The summed E-state index contributed by atoms with van der Waals surface area (Å²) in [5, 5.41) is -0.219. The Hall–Kier alpha value is -2.05. The number of hydrogen-bond acceptors (Lipinski definition) is 7. The first-order valence-electron chi connectivity index (χ1n) is 6.13. The highest BCUT2D eigenvalue weighted by molar-refractivity contribution is 7.92. The third-order valence-corrected chi connectivity index (χ3v) is 6.02. The van der Waals surface area contributed by atoms with Crippen LogP contribution < -0.4 is 4.72 Å². The van der Waals surface area contributed by atoms with Crippen molar-refractivity contribution in [2.24, 2.45) is 0 Å². The fourth-order valence-corrected chi connectivity index (χ4v) is 3.72. The molecule has 0 saturated carbocycles. The van der Waals surface area contributed by atoms with Gasteiger partial charge in [-0.15, -0.1) is 3.89 Å². The standard InChI is InChI=1S/C12H11FN2O6S3/c1-22(16,17)12-7-2-9(8-14-12)15-24(20,21)11-5-3-10(4-6-11)23(13,18)19/h2-8,15H,1H3. The molecule has 0 aliphatic heterocycles. The van der Waals surface area contributed by atoms with Gasteiger partial charge in [-0.05, 0) is 36.4 Å². The van der Waals surface area contributed by atoms with Gasteiger partial charge in [0.05, 0.1) is 21.7 Å². The van der Waals surface area contributed by atoms with E-state index in [1.54, 1.807) is 0 Å². The van der Waals surface area contributed by atoms with Crippen molar-refractivity contribution < 1.29 is 29.1 Å². The highest BCUT2D eigenvalue weighted by atomic mass is 32.3. The SMILES string of the molecule is CS(=O)(=O)c1ccc(NS(=O)(=O)c2ccc(S(=O)(=O)F)cc2)cn1. The second-order valence-corrected chi connectivity index (χ2v) is 9.66. The molecule has 0 aliphatic rings. The summed E-state index contributed by atoms with van der Waals surface area (Å²) in [5.41, 5.74) is 0.00425. The Kier molecular flexibility index (Phi) is 4.65. The van der Waals surface area contributed by atoms with Crippen LogP contribution in [0, 0.1) is 0 Å². The van der Waals surface area contributed by atoms with Crippen LogP contribution in [0.1, 0.15) is 0 Å². The van der Waals surface area contributed by atoms with Gasteiger partial charge in [0.15, 0.2) is 14.9 Å². The molecule has 8 nitrogen and oxygen atoms in total. The molecule has 0 amide bonds. The second-order valence-electron chi connectivity index (χ2n) is 4.67. The van der Waals surface area contributed by atoms with Gasteiger partial charge < -0.3 is 0 Å². The Morgan fingerprint density at radius 3 is 1.83 bits per heavy atom. The monoisotopic (exact) mass is 394 g/mol. The molecule has 1 aromatic carbocycles. The van der Waals surface area contributed by atoms with Crippen molar-refractivity contribution in [3.05, 3.63) is 42.6 Å². The van der Waals surface area contributed by atoms with E-state index in [9.17, 15) is 29.1 Å². The van der Waals surface area contributed by atoms with Gasteiger partial charge in [0.1, 0.15) is 0 Å². The first-order chi connectivity index (χ1) is 10.9. The van der Waals surface area contributed by atoms with E-state index in [1.807, 2.05) is 0 Å². The molecule has 2 aromatic rings. The number of nitrogens with zero attached hydrogens (tertiary/aromatic N) is 1. The summed E-state index contributed by atoms with van der Waals surface area (Å²) in [6, 6.07) is 5.82. The van der Waals surface area contributed by atoms with E-state index in [0.29, 0.717) is 0 Å². The summed E-state index contributed by atoms with van der Waals surface area (Å²) >= 11 is 0. The van der Waals surface area contributed by atoms with Crippen LogP contribution in [-0.2, 0) is 30.1 Å². The van der Waals surface area contributed by atoms with E-state index in [-0.39, 0.29) is 15.6 Å². The molecule has 0 unspecified atom stereocenters. The van der Waals surface area contributed by atoms with Gasteiger partial charge in [0, 0.05) is 6.26 Å². The highest BCUT2D eigenvalue weighted by Gasteiger charge is 2.18. The molecule has 24 heavy (non-hydrogen) atoms. The molecule has 130 valence electrons. The normalized spacial score (nSPS) is 12.8. The summed E-state index contributed by atoms with van der Waals surface area (Å²) in [4.78, 5) is 2.66. The Labute approximate surface area is 138 Å². The number of sulfone groups is 1. The Bertz CT molecular complexity index is 1060. The lowest BCUT2D eigenvalue weighted by atomic mass is 10.4. The summed E-state index contributed by atoms with van der Waals surface area (Å²) in [6.07, 6.45) is 1.98. The van der Waals surface area contributed by atoms with Crippen LogP contribution in [0.15, 0.2) is 57.4 Å². The lowest BCUT2D eigenvalue weighted by molar-refractivity contribution is 0.551. The number of sulfonamides is 1. The molecule has 0 atom stereocenters. The molecule has 0 fully saturated rings. The van der Waals surface area contributed by atoms with Gasteiger partial charge >= 0.3 is 10.2 Å². The zero-order chi connectivity index (χ0) is 18.2. The molecular formula is C12H11FN2O6S3. The number of nitrogens with one attached hydrogen (secondary N) is 1. The molecule has 0 radical (unpaired) electrons. The van der Waals surface area contributed by atoms with Gasteiger partial charge in [0.25, 0.3) is 10.0 Å². The van der Waals surface area contributed by atoms with Gasteiger partial charge in [-0.25, -0.2) is 21.8 Å².